The molecule has 23 heavy (non-hydrogen) atoms. The van der Waals surface area contributed by atoms with Crippen molar-refractivity contribution in [2.45, 2.75) is 34.6 Å². The summed E-state index contributed by atoms with van der Waals surface area (Å²) in [6, 6.07) is 7.31. The van der Waals surface area contributed by atoms with Crippen LogP contribution in [0.4, 0.5) is 11.5 Å². The average molecular weight is 315 g/mol. The van der Waals surface area contributed by atoms with Crippen LogP contribution in [-0.4, -0.2) is 17.0 Å². The van der Waals surface area contributed by atoms with Crippen molar-refractivity contribution in [3.05, 3.63) is 41.2 Å². The Kier molecular flexibility index (Phi) is 4.54. The van der Waals surface area contributed by atoms with Gasteiger partial charge in [-0.3, -0.25) is 9.59 Å². The van der Waals surface area contributed by atoms with E-state index in [2.05, 4.69) is 15.8 Å². The average Bonchev–Trinajstić information content (AvgIpc) is 2.87. The Bertz CT molecular complexity index is 747. The predicted molar refractivity (Wildman–Crippen MR) is 88.2 cm³/mol. The van der Waals surface area contributed by atoms with Crippen LogP contribution >= 0.6 is 0 Å². The molecule has 6 heteroatoms. The zero-order valence-electron chi connectivity index (χ0n) is 14.0. The molecule has 2 N–H and O–H groups in total. The molecule has 0 bridgehead atoms. The number of anilines is 2. The highest BCUT2D eigenvalue weighted by Gasteiger charge is 2.36. The number of nitrogens with one attached hydrogen (secondary N) is 2. The van der Waals surface area contributed by atoms with Gasteiger partial charge in [0.05, 0.1) is 0 Å². The fraction of sp³-hybridized carbons (Fsp3) is 0.353. The summed E-state index contributed by atoms with van der Waals surface area (Å²) in [5.74, 6) is 0.0352. The second-order valence-corrected chi connectivity index (χ2v) is 6.17. The number of aryl methyl sites for hydroxylation is 3. The Labute approximate surface area is 135 Å². The number of nitrogens with zero attached hydrogens (tertiary/aromatic N) is 1. The van der Waals surface area contributed by atoms with Crippen molar-refractivity contribution >= 4 is 23.3 Å². The predicted octanol–water partition coefficient (Wildman–Crippen LogP) is 3.20. The molecule has 0 aliphatic rings. The number of carbonyl (C=O) groups is 2. The van der Waals surface area contributed by atoms with Gasteiger partial charge >= 0.3 is 0 Å². The van der Waals surface area contributed by atoms with E-state index < -0.39 is 11.3 Å². The van der Waals surface area contributed by atoms with Gasteiger partial charge in [0.15, 0.2) is 5.82 Å². The maximum atomic E-state index is 12.5. The van der Waals surface area contributed by atoms with Crippen molar-refractivity contribution in [2.24, 2.45) is 5.41 Å². The molecule has 0 atom stereocenters. The van der Waals surface area contributed by atoms with Crippen molar-refractivity contribution in [1.29, 1.82) is 0 Å². The molecule has 122 valence electrons. The first-order chi connectivity index (χ1) is 10.7. The van der Waals surface area contributed by atoms with Gasteiger partial charge in [-0.15, -0.1) is 0 Å². The van der Waals surface area contributed by atoms with Gasteiger partial charge in [-0.1, -0.05) is 22.9 Å². The van der Waals surface area contributed by atoms with E-state index in [1.165, 1.54) is 0 Å². The highest BCUT2D eigenvalue weighted by Crippen LogP contribution is 2.23. The van der Waals surface area contributed by atoms with Crippen LogP contribution < -0.4 is 10.6 Å². The smallest absolute Gasteiger partial charge is 0.240 e. The number of carbonyl (C=O) groups excluding carboxylic acids is 2. The second-order valence-electron chi connectivity index (χ2n) is 6.17. The monoisotopic (exact) mass is 315 g/mol. The normalized spacial score (nSPS) is 11.2. The third kappa shape index (κ3) is 3.77. The SMILES string of the molecule is Cc1ccc(NC(=O)C(C)(C)C(=O)Nc2cc(C)on2)c(C)c1. The quantitative estimate of drug-likeness (QED) is 0.849. The largest absolute Gasteiger partial charge is 0.360 e. The Morgan fingerprint density at radius 2 is 1.70 bits per heavy atom. The molecule has 0 fully saturated rings. The van der Waals surface area contributed by atoms with Gasteiger partial charge in [0.2, 0.25) is 11.8 Å². The molecule has 1 aromatic carbocycles. The van der Waals surface area contributed by atoms with E-state index in [0.717, 1.165) is 11.1 Å². The molecule has 0 aliphatic heterocycles. The molecule has 2 aromatic rings. The summed E-state index contributed by atoms with van der Waals surface area (Å²) in [6.45, 7) is 8.74. The van der Waals surface area contributed by atoms with Crippen LogP contribution in [0.5, 0.6) is 0 Å². The number of benzene rings is 1. The summed E-state index contributed by atoms with van der Waals surface area (Å²) >= 11 is 0. The van der Waals surface area contributed by atoms with Crippen LogP contribution in [0.3, 0.4) is 0 Å². The van der Waals surface area contributed by atoms with Crippen molar-refractivity contribution in [3.8, 4) is 0 Å². The fourth-order valence-corrected chi connectivity index (χ4v) is 2.03. The van der Waals surface area contributed by atoms with Crippen LogP contribution in [0.25, 0.3) is 0 Å². The summed E-state index contributed by atoms with van der Waals surface area (Å²) in [5, 5.41) is 9.09. The number of rotatable bonds is 4. The molecule has 0 radical (unpaired) electrons. The highest BCUT2D eigenvalue weighted by atomic mass is 16.5. The minimum absolute atomic E-state index is 0.292. The zero-order valence-corrected chi connectivity index (χ0v) is 14.0. The molecule has 0 spiro atoms. The molecule has 2 amide bonds. The first-order valence-corrected chi connectivity index (χ1v) is 7.33. The lowest BCUT2D eigenvalue weighted by Gasteiger charge is -2.22. The van der Waals surface area contributed by atoms with E-state index in [9.17, 15) is 9.59 Å². The third-order valence-electron chi connectivity index (χ3n) is 3.63. The molecule has 0 aliphatic carbocycles. The summed E-state index contributed by atoms with van der Waals surface area (Å²) in [5.41, 5.74) is 1.49. The Morgan fingerprint density at radius 3 is 2.26 bits per heavy atom. The number of hydrogen-bond donors (Lipinski definition) is 2. The molecule has 0 saturated carbocycles. The minimum Gasteiger partial charge on any atom is -0.360 e. The lowest BCUT2D eigenvalue weighted by Crippen LogP contribution is -2.41. The topological polar surface area (TPSA) is 84.2 Å². The van der Waals surface area contributed by atoms with Gasteiger partial charge in [-0.05, 0) is 46.2 Å². The zero-order chi connectivity index (χ0) is 17.2. The van der Waals surface area contributed by atoms with E-state index in [4.69, 9.17) is 4.52 Å². The second kappa shape index (κ2) is 6.24. The number of amides is 2. The summed E-state index contributed by atoms with van der Waals surface area (Å²) in [4.78, 5) is 24.9. The van der Waals surface area contributed by atoms with Crippen LogP contribution in [0.15, 0.2) is 28.8 Å². The maximum Gasteiger partial charge on any atom is 0.240 e. The first-order valence-electron chi connectivity index (χ1n) is 7.33. The van der Waals surface area contributed by atoms with Crippen molar-refractivity contribution in [2.75, 3.05) is 10.6 Å². The Balaban J connectivity index is 2.11. The molecule has 1 aromatic heterocycles. The number of aromatic nitrogens is 1. The molecule has 2 rings (SSSR count). The van der Waals surface area contributed by atoms with E-state index in [-0.39, 0.29) is 5.91 Å². The highest BCUT2D eigenvalue weighted by molar-refractivity contribution is 6.13. The molecular formula is C17H21N3O3. The van der Waals surface area contributed by atoms with E-state index in [1.807, 2.05) is 32.0 Å². The van der Waals surface area contributed by atoms with Gasteiger partial charge in [0.1, 0.15) is 11.2 Å². The van der Waals surface area contributed by atoms with Gasteiger partial charge in [-0.25, -0.2) is 0 Å². The third-order valence-corrected chi connectivity index (χ3v) is 3.63. The van der Waals surface area contributed by atoms with Crippen molar-refractivity contribution < 1.29 is 14.1 Å². The molecule has 0 unspecified atom stereocenters. The lowest BCUT2D eigenvalue weighted by atomic mass is 9.90. The van der Waals surface area contributed by atoms with E-state index in [1.54, 1.807) is 26.8 Å². The summed E-state index contributed by atoms with van der Waals surface area (Å²) in [6.07, 6.45) is 0. The molecule has 6 nitrogen and oxygen atoms in total. The van der Waals surface area contributed by atoms with Crippen LogP contribution in [0.1, 0.15) is 30.7 Å². The lowest BCUT2D eigenvalue weighted by molar-refractivity contribution is -0.135. The molecule has 1 heterocycles. The van der Waals surface area contributed by atoms with Crippen LogP contribution in [0, 0.1) is 26.2 Å². The number of hydrogen-bond acceptors (Lipinski definition) is 4. The Hall–Kier alpha value is -2.63. The van der Waals surface area contributed by atoms with Gasteiger partial charge in [-0.2, -0.15) is 0 Å². The standard InChI is InChI=1S/C17H21N3O3/c1-10-6-7-13(11(2)8-10)18-15(21)17(4,5)16(22)19-14-9-12(3)23-20-14/h6-9H,1-5H3,(H,18,21)(H,19,20,22). The van der Waals surface area contributed by atoms with Crippen molar-refractivity contribution in [1.82, 2.24) is 5.16 Å². The van der Waals surface area contributed by atoms with E-state index in [0.29, 0.717) is 17.3 Å². The van der Waals surface area contributed by atoms with Gasteiger partial charge in [0.25, 0.3) is 0 Å². The van der Waals surface area contributed by atoms with Gasteiger partial charge < -0.3 is 15.2 Å². The molecular weight excluding hydrogens is 294 g/mol. The summed E-state index contributed by atoms with van der Waals surface area (Å²) in [7, 11) is 0. The molecule has 0 saturated heterocycles. The Morgan fingerprint density at radius 1 is 1.04 bits per heavy atom. The van der Waals surface area contributed by atoms with Crippen LogP contribution in [0.2, 0.25) is 0 Å². The maximum absolute atomic E-state index is 12.5. The van der Waals surface area contributed by atoms with Crippen molar-refractivity contribution in [3.63, 3.8) is 0 Å². The van der Waals surface area contributed by atoms with Gasteiger partial charge in [0, 0.05) is 11.8 Å². The van der Waals surface area contributed by atoms with E-state index >= 15 is 0 Å². The minimum atomic E-state index is -1.26. The first kappa shape index (κ1) is 16.7. The van der Waals surface area contributed by atoms with Crippen LogP contribution in [-0.2, 0) is 9.59 Å². The fourth-order valence-electron chi connectivity index (χ4n) is 2.03. The summed E-state index contributed by atoms with van der Waals surface area (Å²) < 4.78 is 4.90.